The van der Waals surface area contributed by atoms with Crippen molar-refractivity contribution >= 4 is 11.8 Å². The first kappa shape index (κ1) is 15.0. The van der Waals surface area contributed by atoms with Crippen molar-refractivity contribution in [2.24, 2.45) is 0 Å². The molecule has 0 saturated heterocycles. The first-order valence-corrected chi connectivity index (χ1v) is 7.46. The van der Waals surface area contributed by atoms with Crippen LogP contribution in [-0.4, -0.2) is 18.8 Å². The molecule has 0 aliphatic rings. The van der Waals surface area contributed by atoms with Crippen LogP contribution in [0.2, 0.25) is 0 Å². The van der Waals surface area contributed by atoms with E-state index in [1.807, 2.05) is 25.2 Å². The summed E-state index contributed by atoms with van der Waals surface area (Å²) in [4.78, 5) is 1.21. The molecular formula is C16H17F2NS. The second-order valence-electron chi connectivity index (χ2n) is 4.56. The van der Waals surface area contributed by atoms with Crippen LogP contribution in [-0.2, 0) is 6.42 Å². The van der Waals surface area contributed by atoms with Gasteiger partial charge in [-0.15, -0.1) is 11.8 Å². The molecule has 0 aromatic heterocycles. The summed E-state index contributed by atoms with van der Waals surface area (Å²) in [7, 11) is 1.89. The fourth-order valence-electron chi connectivity index (χ4n) is 1.91. The quantitative estimate of drug-likeness (QED) is 0.811. The van der Waals surface area contributed by atoms with E-state index in [2.05, 4.69) is 17.4 Å². The third-order valence-corrected chi connectivity index (χ3v) is 4.24. The molecule has 0 aliphatic heterocycles. The molecule has 0 aliphatic carbocycles. The Morgan fingerprint density at radius 2 is 1.80 bits per heavy atom. The van der Waals surface area contributed by atoms with Gasteiger partial charge in [-0.1, -0.05) is 24.3 Å². The molecule has 1 nitrogen and oxygen atoms in total. The van der Waals surface area contributed by atoms with Crippen molar-refractivity contribution in [2.75, 3.05) is 12.8 Å². The first-order chi connectivity index (χ1) is 9.69. The van der Waals surface area contributed by atoms with Crippen LogP contribution in [0.5, 0.6) is 0 Å². The van der Waals surface area contributed by atoms with Gasteiger partial charge in [0.05, 0.1) is 0 Å². The van der Waals surface area contributed by atoms with Gasteiger partial charge in [0.1, 0.15) is 0 Å². The molecule has 0 bridgehead atoms. The van der Waals surface area contributed by atoms with Crippen molar-refractivity contribution in [3.8, 4) is 0 Å². The standard InChI is InChI=1S/C16H17F2NS/c1-19-13(11-20-14-5-3-2-4-6-14)9-12-7-8-15(17)16(18)10-12/h2-8,10,13,19H,9,11H2,1H3. The lowest BCUT2D eigenvalue weighted by atomic mass is 10.1. The molecule has 0 amide bonds. The lowest BCUT2D eigenvalue weighted by molar-refractivity contribution is 0.505. The Balaban J connectivity index is 1.93. The van der Waals surface area contributed by atoms with Crippen molar-refractivity contribution in [3.05, 3.63) is 65.7 Å². The Hall–Kier alpha value is -1.39. The van der Waals surface area contributed by atoms with Gasteiger partial charge < -0.3 is 5.32 Å². The number of benzene rings is 2. The van der Waals surface area contributed by atoms with E-state index < -0.39 is 11.6 Å². The van der Waals surface area contributed by atoms with E-state index in [1.54, 1.807) is 17.8 Å². The summed E-state index contributed by atoms with van der Waals surface area (Å²) in [5.74, 6) is -0.707. The minimum absolute atomic E-state index is 0.213. The maximum Gasteiger partial charge on any atom is 0.159 e. The van der Waals surface area contributed by atoms with Gasteiger partial charge in [-0.05, 0) is 43.3 Å². The summed E-state index contributed by atoms with van der Waals surface area (Å²) in [6, 6.07) is 14.4. The molecule has 1 unspecified atom stereocenters. The molecule has 0 saturated carbocycles. The number of hydrogen-bond donors (Lipinski definition) is 1. The summed E-state index contributed by atoms with van der Waals surface area (Å²) < 4.78 is 26.1. The lowest BCUT2D eigenvalue weighted by Gasteiger charge is -2.16. The number of likely N-dealkylation sites (N-methyl/N-ethyl adjacent to an activating group) is 1. The molecule has 106 valence electrons. The molecule has 1 atom stereocenters. The van der Waals surface area contributed by atoms with E-state index in [0.717, 1.165) is 11.3 Å². The van der Waals surface area contributed by atoms with E-state index in [9.17, 15) is 8.78 Å². The summed E-state index contributed by atoms with van der Waals surface area (Å²) >= 11 is 1.75. The van der Waals surface area contributed by atoms with Crippen LogP contribution in [0, 0.1) is 11.6 Å². The Morgan fingerprint density at radius 3 is 2.45 bits per heavy atom. The Labute approximate surface area is 122 Å². The molecule has 2 aromatic carbocycles. The highest BCUT2D eigenvalue weighted by molar-refractivity contribution is 7.99. The molecular weight excluding hydrogens is 276 g/mol. The monoisotopic (exact) mass is 293 g/mol. The molecule has 0 fully saturated rings. The predicted octanol–water partition coefficient (Wildman–Crippen LogP) is 3.89. The molecule has 2 rings (SSSR count). The van der Waals surface area contributed by atoms with Crippen LogP contribution in [0.1, 0.15) is 5.56 Å². The zero-order valence-electron chi connectivity index (χ0n) is 11.3. The van der Waals surface area contributed by atoms with Gasteiger partial charge in [-0.2, -0.15) is 0 Å². The van der Waals surface area contributed by atoms with E-state index in [4.69, 9.17) is 0 Å². The second-order valence-corrected chi connectivity index (χ2v) is 5.66. The highest BCUT2D eigenvalue weighted by atomic mass is 32.2. The average molecular weight is 293 g/mol. The smallest absolute Gasteiger partial charge is 0.159 e. The van der Waals surface area contributed by atoms with Crippen molar-refractivity contribution in [1.82, 2.24) is 5.32 Å². The molecule has 20 heavy (non-hydrogen) atoms. The van der Waals surface area contributed by atoms with Crippen LogP contribution in [0.4, 0.5) is 8.78 Å². The summed E-state index contributed by atoms with van der Waals surface area (Å²) in [5.41, 5.74) is 0.803. The topological polar surface area (TPSA) is 12.0 Å². The summed E-state index contributed by atoms with van der Waals surface area (Å²) in [6.45, 7) is 0. The van der Waals surface area contributed by atoms with Gasteiger partial charge >= 0.3 is 0 Å². The number of rotatable bonds is 6. The van der Waals surface area contributed by atoms with Crippen molar-refractivity contribution in [1.29, 1.82) is 0 Å². The minimum atomic E-state index is -0.798. The molecule has 0 heterocycles. The SMILES string of the molecule is CNC(CSc1ccccc1)Cc1ccc(F)c(F)c1. The van der Waals surface area contributed by atoms with Crippen LogP contribution < -0.4 is 5.32 Å². The van der Waals surface area contributed by atoms with Gasteiger partial charge in [0, 0.05) is 16.7 Å². The largest absolute Gasteiger partial charge is 0.316 e. The summed E-state index contributed by atoms with van der Waals surface area (Å²) in [5, 5.41) is 3.22. The maximum absolute atomic E-state index is 13.2. The van der Waals surface area contributed by atoms with Crippen LogP contribution in [0.25, 0.3) is 0 Å². The van der Waals surface area contributed by atoms with Crippen LogP contribution >= 0.6 is 11.8 Å². The first-order valence-electron chi connectivity index (χ1n) is 6.48. The van der Waals surface area contributed by atoms with Gasteiger partial charge in [-0.3, -0.25) is 0 Å². The Kier molecular flexibility index (Phi) is 5.56. The molecule has 0 radical (unpaired) electrons. The van der Waals surface area contributed by atoms with Crippen molar-refractivity contribution in [3.63, 3.8) is 0 Å². The van der Waals surface area contributed by atoms with Gasteiger partial charge in [0.25, 0.3) is 0 Å². The Morgan fingerprint density at radius 1 is 1.05 bits per heavy atom. The fraction of sp³-hybridized carbons (Fsp3) is 0.250. The Bertz CT molecular complexity index is 545. The van der Waals surface area contributed by atoms with Crippen LogP contribution in [0.3, 0.4) is 0 Å². The average Bonchev–Trinajstić information content (AvgIpc) is 2.48. The van der Waals surface area contributed by atoms with Gasteiger partial charge in [0.2, 0.25) is 0 Å². The third kappa shape index (κ3) is 4.32. The van der Waals surface area contributed by atoms with Crippen molar-refractivity contribution in [2.45, 2.75) is 17.4 Å². The van der Waals surface area contributed by atoms with E-state index in [0.29, 0.717) is 6.42 Å². The number of hydrogen-bond acceptors (Lipinski definition) is 2. The van der Waals surface area contributed by atoms with Gasteiger partial charge in [-0.25, -0.2) is 8.78 Å². The van der Waals surface area contributed by atoms with Gasteiger partial charge in [0.15, 0.2) is 11.6 Å². The normalized spacial score (nSPS) is 12.3. The van der Waals surface area contributed by atoms with E-state index >= 15 is 0 Å². The summed E-state index contributed by atoms with van der Waals surface area (Å²) in [6.07, 6.45) is 0.674. The fourth-order valence-corrected chi connectivity index (χ4v) is 2.94. The zero-order valence-corrected chi connectivity index (χ0v) is 12.1. The van der Waals surface area contributed by atoms with E-state index in [1.165, 1.54) is 17.0 Å². The predicted molar refractivity (Wildman–Crippen MR) is 80.1 cm³/mol. The van der Waals surface area contributed by atoms with Crippen molar-refractivity contribution < 1.29 is 8.78 Å². The second kappa shape index (κ2) is 7.41. The minimum Gasteiger partial charge on any atom is -0.316 e. The number of halogens is 2. The molecule has 2 aromatic rings. The third-order valence-electron chi connectivity index (χ3n) is 3.07. The highest BCUT2D eigenvalue weighted by Gasteiger charge is 2.10. The lowest BCUT2D eigenvalue weighted by Crippen LogP contribution is -2.30. The molecule has 4 heteroatoms. The molecule has 0 spiro atoms. The maximum atomic E-state index is 13.2. The molecule has 1 N–H and O–H groups in total. The van der Waals surface area contributed by atoms with Crippen LogP contribution in [0.15, 0.2) is 53.4 Å². The zero-order chi connectivity index (χ0) is 14.4. The number of thioether (sulfide) groups is 1. The number of nitrogens with one attached hydrogen (secondary N) is 1. The van der Waals surface area contributed by atoms with E-state index in [-0.39, 0.29) is 6.04 Å². The highest BCUT2D eigenvalue weighted by Crippen LogP contribution is 2.19.